The highest BCUT2D eigenvalue weighted by Gasteiger charge is 2.25. The molecule has 0 unspecified atom stereocenters. The number of hydrogen-bond acceptors (Lipinski definition) is 5. The lowest BCUT2D eigenvalue weighted by Crippen LogP contribution is -2.20. The summed E-state index contributed by atoms with van der Waals surface area (Å²) < 4.78 is 10.6. The predicted octanol–water partition coefficient (Wildman–Crippen LogP) is 3.10. The molecule has 2 aromatic carbocycles. The van der Waals surface area contributed by atoms with Gasteiger partial charge in [0, 0.05) is 11.1 Å². The number of hydrogen-bond donors (Lipinski definition) is 1. The molecular formula is C19H16N2O4S. The van der Waals surface area contributed by atoms with Gasteiger partial charge in [0.05, 0.1) is 19.1 Å². The molecule has 3 rings (SSSR count). The first-order chi connectivity index (χ1) is 12.6. The summed E-state index contributed by atoms with van der Waals surface area (Å²) in [6.45, 7) is 0. The molecule has 1 aliphatic rings. The van der Waals surface area contributed by atoms with Gasteiger partial charge in [-0.1, -0.05) is 30.3 Å². The number of aliphatic imine (C=N–C) groups is 1. The van der Waals surface area contributed by atoms with Crippen LogP contribution in [0, 0.1) is 0 Å². The number of methoxy groups -OCH3 is 2. The number of para-hydroxylation sites is 1. The number of carbonyl (C=O) groups is 2. The third kappa shape index (κ3) is 3.78. The van der Waals surface area contributed by atoms with Crippen LogP contribution < -0.4 is 14.8 Å². The lowest BCUT2D eigenvalue weighted by Gasteiger charge is -2.10. The highest BCUT2D eigenvalue weighted by Crippen LogP contribution is 2.34. The Morgan fingerprint density at radius 1 is 1.08 bits per heavy atom. The van der Waals surface area contributed by atoms with Gasteiger partial charge in [0.2, 0.25) is 0 Å². The first-order valence-electron chi connectivity index (χ1n) is 7.72. The van der Waals surface area contributed by atoms with Crippen LogP contribution >= 0.6 is 11.8 Å². The molecule has 0 aromatic heterocycles. The molecule has 1 aliphatic heterocycles. The molecule has 2 aromatic rings. The summed E-state index contributed by atoms with van der Waals surface area (Å²) in [5, 5.41) is 2.85. The van der Waals surface area contributed by atoms with Gasteiger partial charge >= 0.3 is 0 Å². The zero-order chi connectivity index (χ0) is 18.5. The first kappa shape index (κ1) is 17.8. The topological polar surface area (TPSA) is 77.0 Å². The summed E-state index contributed by atoms with van der Waals surface area (Å²) in [5.74, 6) is 0.369. The molecule has 0 bridgehead atoms. The average molecular weight is 368 g/mol. The summed E-state index contributed by atoms with van der Waals surface area (Å²) >= 11 is 1.10. The SMILES string of the molecule is COc1cccc(/C=C2\SC(=NC(=O)c3ccccc3)NC2=O)c1OC. The third-order valence-electron chi connectivity index (χ3n) is 3.59. The van der Waals surface area contributed by atoms with Crippen LogP contribution in [0.5, 0.6) is 11.5 Å². The van der Waals surface area contributed by atoms with Gasteiger partial charge in [-0.05, 0) is 36.0 Å². The van der Waals surface area contributed by atoms with Crippen molar-refractivity contribution >= 4 is 34.8 Å². The minimum absolute atomic E-state index is 0.247. The van der Waals surface area contributed by atoms with Gasteiger partial charge in [0.15, 0.2) is 16.7 Å². The smallest absolute Gasteiger partial charge is 0.279 e. The van der Waals surface area contributed by atoms with Gasteiger partial charge in [-0.15, -0.1) is 0 Å². The molecule has 0 saturated carbocycles. The van der Waals surface area contributed by atoms with Crippen molar-refractivity contribution in [1.82, 2.24) is 5.32 Å². The summed E-state index contributed by atoms with van der Waals surface area (Å²) in [6.07, 6.45) is 1.68. The summed E-state index contributed by atoms with van der Waals surface area (Å²) in [4.78, 5) is 28.7. The lowest BCUT2D eigenvalue weighted by atomic mass is 10.1. The highest BCUT2D eigenvalue weighted by molar-refractivity contribution is 8.18. The fraction of sp³-hybridized carbons (Fsp3) is 0.105. The van der Waals surface area contributed by atoms with Crippen LogP contribution in [-0.2, 0) is 4.79 Å². The molecule has 0 aliphatic carbocycles. The average Bonchev–Trinajstić information content (AvgIpc) is 3.01. The predicted molar refractivity (Wildman–Crippen MR) is 101 cm³/mol. The van der Waals surface area contributed by atoms with E-state index < -0.39 is 5.91 Å². The molecule has 2 amide bonds. The second-order valence-corrected chi connectivity index (χ2v) is 6.27. The zero-order valence-corrected chi connectivity index (χ0v) is 15.0. The fourth-order valence-electron chi connectivity index (χ4n) is 2.38. The van der Waals surface area contributed by atoms with Gasteiger partial charge in [-0.2, -0.15) is 4.99 Å². The van der Waals surface area contributed by atoms with Gasteiger partial charge in [-0.3, -0.25) is 9.59 Å². The Hall–Kier alpha value is -3.06. The number of ether oxygens (including phenoxy) is 2. The van der Waals surface area contributed by atoms with Crippen LogP contribution in [0.4, 0.5) is 0 Å². The quantitative estimate of drug-likeness (QED) is 0.839. The van der Waals surface area contributed by atoms with E-state index in [1.807, 2.05) is 12.1 Å². The van der Waals surface area contributed by atoms with Crippen molar-refractivity contribution in [1.29, 1.82) is 0 Å². The molecule has 6 nitrogen and oxygen atoms in total. The fourth-order valence-corrected chi connectivity index (χ4v) is 3.20. The van der Waals surface area contributed by atoms with Crippen molar-refractivity contribution in [2.24, 2.45) is 4.99 Å². The maximum absolute atomic E-state index is 12.2. The normalized spacial score (nSPS) is 16.6. The molecule has 132 valence electrons. The standard InChI is InChI=1S/C19H16N2O4S/c1-24-14-10-6-9-13(16(14)25-2)11-15-18(23)21-19(26-15)20-17(22)12-7-4-3-5-8-12/h3-11H,1-2H3,(H,20,21,22,23)/b15-11-. The number of benzene rings is 2. The number of carbonyl (C=O) groups excluding carboxylic acids is 2. The summed E-state index contributed by atoms with van der Waals surface area (Å²) in [6, 6.07) is 14.1. The molecule has 7 heteroatoms. The zero-order valence-electron chi connectivity index (χ0n) is 14.2. The molecule has 1 N–H and O–H groups in total. The van der Waals surface area contributed by atoms with Crippen LogP contribution in [0.25, 0.3) is 6.08 Å². The van der Waals surface area contributed by atoms with E-state index in [4.69, 9.17) is 9.47 Å². The minimum Gasteiger partial charge on any atom is -0.493 e. The van der Waals surface area contributed by atoms with Crippen molar-refractivity contribution in [2.75, 3.05) is 14.2 Å². The van der Waals surface area contributed by atoms with Crippen molar-refractivity contribution < 1.29 is 19.1 Å². The van der Waals surface area contributed by atoms with E-state index in [-0.39, 0.29) is 11.1 Å². The number of rotatable bonds is 4. The molecule has 1 heterocycles. The second kappa shape index (κ2) is 7.88. The largest absolute Gasteiger partial charge is 0.493 e. The molecule has 0 spiro atoms. The molecule has 26 heavy (non-hydrogen) atoms. The van der Waals surface area contributed by atoms with Crippen LogP contribution in [0.15, 0.2) is 58.4 Å². The van der Waals surface area contributed by atoms with Gasteiger partial charge in [0.25, 0.3) is 11.8 Å². The van der Waals surface area contributed by atoms with Crippen molar-refractivity contribution in [3.05, 3.63) is 64.6 Å². The molecular weight excluding hydrogens is 352 g/mol. The number of nitrogens with one attached hydrogen (secondary N) is 1. The lowest BCUT2D eigenvalue weighted by molar-refractivity contribution is -0.115. The molecule has 1 saturated heterocycles. The van der Waals surface area contributed by atoms with Gasteiger partial charge in [-0.25, -0.2) is 0 Å². The summed E-state index contributed by atoms with van der Waals surface area (Å²) in [5.41, 5.74) is 1.15. The van der Waals surface area contributed by atoms with E-state index in [9.17, 15) is 9.59 Å². The maximum atomic E-state index is 12.2. The molecule has 1 fully saturated rings. The van der Waals surface area contributed by atoms with Crippen molar-refractivity contribution in [3.63, 3.8) is 0 Å². The number of amides is 2. The van der Waals surface area contributed by atoms with Gasteiger partial charge < -0.3 is 14.8 Å². The van der Waals surface area contributed by atoms with Crippen molar-refractivity contribution in [3.8, 4) is 11.5 Å². The van der Waals surface area contributed by atoms with E-state index >= 15 is 0 Å². The second-order valence-electron chi connectivity index (χ2n) is 5.24. The van der Waals surface area contributed by atoms with Crippen LogP contribution in [0.3, 0.4) is 0 Å². The van der Waals surface area contributed by atoms with Crippen molar-refractivity contribution in [2.45, 2.75) is 0 Å². The Kier molecular flexibility index (Phi) is 5.38. The van der Waals surface area contributed by atoms with Gasteiger partial charge in [0.1, 0.15) is 0 Å². The summed E-state index contributed by atoms with van der Waals surface area (Å²) in [7, 11) is 3.08. The highest BCUT2D eigenvalue weighted by atomic mass is 32.2. The maximum Gasteiger partial charge on any atom is 0.279 e. The number of nitrogens with zero attached hydrogens (tertiary/aromatic N) is 1. The molecule has 0 atom stereocenters. The minimum atomic E-state index is -0.409. The Balaban J connectivity index is 1.86. The monoisotopic (exact) mass is 368 g/mol. The first-order valence-corrected chi connectivity index (χ1v) is 8.54. The Bertz CT molecular complexity index is 907. The van der Waals surface area contributed by atoms with Crippen LogP contribution in [0.1, 0.15) is 15.9 Å². The van der Waals surface area contributed by atoms with E-state index in [1.54, 1.807) is 49.6 Å². The van der Waals surface area contributed by atoms with E-state index in [2.05, 4.69) is 10.3 Å². The molecule has 0 radical (unpaired) electrons. The Morgan fingerprint density at radius 2 is 1.85 bits per heavy atom. The van der Waals surface area contributed by atoms with E-state index in [0.717, 1.165) is 11.8 Å². The number of thioether (sulfide) groups is 1. The number of amidine groups is 1. The Labute approximate surface area is 154 Å². The van der Waals surface area contributed by atoms with E-state index in [0.29, 0.717) is 27.5 Å². The van der Waals surface area contributed by atoms with E-state index in [1.165, 1.54) is 7.11 Å². The Morgan fingerprint density at radius 3 is 2.54 bits per heavy atom. The van der Waals surface area contributed by atoms with Crippen LogP contribution in [0.2, 0.25) is 0 Å². The van der Waals surface area contributed by atoms with Crippen LogP contribution in [-0.4, -0.2) is 31.2 Å². The third-order valence-corrected chi connectivity index (χ3v) is 4.50.